The summed E-state index contributed by atoms with van der Waals surface area (Å²) in [6, 6.07) is 0. The fourth-order valence-corrected chi connectivity index (χ4v) is 2.64. The second-order valence-electron chi connectivity index (χ2n) is 2.92. The average Bonchev–Trinajstić information content (AvgIpc) is 2.67. The summed E-state index contributed by atoms with van der Waals surface area (Å²) in [5.41, 5.74) is 1.16. The number of nitrogens with zero attached hydrogens (tertiary/aromatic N) is 2. The maximum Gasteiger partial charge on any atom is 0.174 e. The maximum absolute atomic E-state index is 9.96. The minimum absolute atomic E-state index is 0.545. The molecular formula is C8H14N2OS2. The molecule has 0 radical (unpaired) electrons. The quantitative estimate of drug-likeness (QED) is 0.769. The van der Waals surface area contributed by atoms with Crippen molar-refractivity contribution in [3.8, 4) is 0 Å². The van der Waals surface area contributed by atoms with Gasteiger partial charge in [-0.1, -0.05) is 36.9 Å². The third kappa shape index (κ3) is 3.25. The Morgan fingerprint density at radius 3 is 2.69 bits per heavy atom. The van der Waals surface area contributed by atoms with Crippen molar-refractivity contribution < 1.29 is 5.11 Å². The van der Waals surface area contributed by atoms with E-state index >= 15 is 0 Å². The molecule has 0 bridgehead atoms. The molecule has 13 heavy (non-hydrogen) atoms. The van der Waals surface area contributed by atoms with Crippen LogP contribution in [0.4, 0.5) is 0 Å². The van der Waals surface area contributed by atoms with E-state index in [-0.39, 0.29) is 0 Å². The fraction of sp³-hybridized carbons (Fsp3) is 0.750. The Morgan fingerprint density at radius 1 is 1.54 bits per heavy atom. The number of hydrogen-bond acceptors (Lipinski definition) is 5. The third-order valence-corrected chi connectivity index (χ3v) is 4.26. The van der Waals surface area contributed by atoms with Gasteiger partial charge in [-0.05, 0) is 12.8 Å². The first-order valence-electron chi connectivity index (χ1n) is 4.31. The van der Waals surface area contributed by atoms with Crippen LogP contribution in [0, 0.1) is 0 Å². The summed E-state index contributed by atoms with van der Waals surface area (Å²) in [5, 5.41) is 17.6. The number of hydrogen-bond donors (Lipinski definition) is 1. The lowest BCUT2D eigenvalue weighted by atomic mass is 10.0. The zero-order valence-corrected chi connectivity index (χ0v) is 9.49. The van der Waals surface area contributed by atoms with Crippen LogP contribution < -0.4 is 0 Å². The molecule has 0 spiro atoms. The van der Waals surface area contributed by atoms with E-state index in [9.17, 15) is 5.11 Å². The molecule has 0 aromatic carbocycles. The second-order valence-corrected chi connectivity index (χ2v) is 4.98. The Balaban J connectivity index is 2.41. The standard InChI is InChI=1S/C8H14N2OS2/c1-3-8(11,4-2)5-12-7-10-9-6-13-7/h6,11H,3-5H2,1-2H3. The van der Waals surface area contributed by atoms with Gasteiger partial charge in [0, 0.05) is 5.75 Å². The number of aliphatic hydroxyl groups is 1. The monoisotopic (exact) mass is 218 g/mol. The lowest BCUT2D eigenvalue weighted by Gasteiger charge is -2.23. The Kier molecular flexibility index (Phi) is 4.15. The van der Waals surface area contributed by atoms with E-state index in [1.807, 2.05) is 13.8 Å². The summed E-state index contributed by atoms with van der Waals surface area (Å²) in [6.45, 7) is 4.01. The smallest absolute Gasteiger partial charge is 0.174 e. The van der Waals surface area contributed by atoms with Gasteiger partial charge in [0.05, 0.1) is 5.60 Å². The molecule has 0 amide bonds. The molecule has 1 heterocycles. The fourth-order valence-electron chi connectivity index (χ4n) is 0.876. The highest BCUT2D eigenvalue weighted by molar-refractivity contribution is 8.01. The van der Waals surface area contributed by atoms with Gasteiger partial charge >= 0.3 is 0 Å². The first-order valence-corrected chi connectivity index (χ1v) is 6.18. The molecule has 1 aromatic heterocycles. The Hall–Kier alpha value is -0.130. The number of rotatable bonds is 5. The molecule has 1 aromatic rings. The molecule has 0 aliphatic heterocycles. The molecule has 0 saturated heterocycles. The molecule has 1 N–H and O–H groups in total. The summed E-state index contributed by atoms with van der Waals surface area (Å²) >= 11 is 3.09. The first-order chi connectivity index (χ1) is 6.20. The van der Waals surface area contributed by atoms with Gasteiger partial charge in [-0.15, -0.1) is 10.2 Å². The molecule has 0 saturated carbocycles. The van der Waals surface area contributed by atoms with Crippen molar-refractivity contribution in [2.75, 3.05) is 5.75 Å². The first kappa shape index (κ1) is 10.9. The van der Waals surface area contributed by atoms with Gasteiger partial charge in [-0.2, -0.15) is 0 Å². The summed E-state index contributed by atoms with van der Waals surface area (Å²) in [6.07, 6.45) is 1.57. The largest absolute Gasteiger partial charge is 0.389 e. The van der Waals surface area contributed by atoms with Crippen LogP contribution in [0.3, 0.4) is 0 Å². The number of aromatic nitrogens is 2. The highest BCUT2D eigenvalue weighted by atomic mass is 32.2. The SMILES string of the molecule is CCC(O)(CC)CSc1nncs1. The molecule has 0 aliphatic rings. The van der Waals surface area contributed by atoms with Crippen LogP contribution in [0.5, 0.6) is 0 Å². The Labute approximate surface area is 86.6 Å². The molecule has 1 rings (SSSR count). The Bertz CT molecular complexity index is 234. The van der Waals surface area contributed by atoms with Crippen LogP contribution in [-0.4, -0.2) is 26.7 Å². The van der Waals surface area contributed by atoms with Gasteiger partial charge < -0.3 is 5.11 Å². The zero-order valence-electron chi connectivity index (χ0n) is 7.86. The predicted octanol–water partition coefficient (Wildman–Crippen LogP) is 2.18. The van der Waals surface area contributed by atoms with Crippen LogP contribution in [0.15, 0.2) is 9.85 Å². The Morgan fingerprint density at radius 2 is 2.23 bits per heavy atom. The third-order valence-electron chi connectivity index (χ3n) is 2.12. The predicted molar refractivity (Wildman–Crippen MR) is 56.2 cm³/mol. The van der Waals surface area contributed by atoms with Crippen molar-refractivity contribution >= 4 is 23.1 Å². The minimum atomic E-state index is -0.545. The van der Waals surface area contributed by atoms with Gasteiger partial charge in [-0.3, -0.25) is 0 Å². The summed E-state index contributed by atoms with van der Waals surface area (Å²) < 4.78 is 0.931. The molecule has 0 aliphatic carbocycles. The summed E-state index contributed by atoms with van der Waals surface area (Å²) in [4.78, 5) is 0. The second kappa shape index (κ2) is 4.93. The molecule has 5 heteroatoms. The van der Waals surface area contributed by atoms with Crippen LogP contribution in [-0.2, 0) is 0 Å². The molecule has 0 unspecified atom stereocenters. The van der Waals surface area contributed by atoms with Gasteiger partial charge in [0.15, 0.2) is 4.34 Å². The van der Waals surface area contributed by atoms with E-state index in [0.717, 1.165) is 17.2 Å². The van der Waals surface area contributed by atoms with Crippen molar-refractivity contribution in [3.05, 3.63) is 5.51 Å². The minimum Gasteiger partial charge on any atom is -0.389 e. The van der Waals surface area contributed by atoms with Crippen LogP contribution >= 0.6 is 23.1 Å². The maximum atomic E-state index is 9.96. The van der Waals surface area contributed by atoms with Gasteiger partial charge in [0.2, 0.25) is 0 Å². The normalized spacial score (nSPS) is 11.9. The average molecular weight is 218 g/mol. The van der Waals surface area contributed by atoms with Crippen molar-refractivity contribution in [1.29, 1.82) is 0 Å². The van der Waals surface area contributed by atoms with Gasteiger partial charge in [-0.25, -0.2) is 0 Å². The van der Waals surface area contributed by atoms with Crippen molar-refractivity contribution in [3.63, 3.8) is 0 Å². The topological polar surface area (TPSA) is 46.0 Å². The molecule has 0 atom stereocenters. The van der Waals surface area contributed by atoms with Crippen molar-refractivity contribution in [2.24, 2.45) is 0 Å². The highest BCUT2D eigenvalue weighted by Crippen LogP contribution is 2.27. The molecule has 0 fully saturated rings. The van der Waals surface area contributed by atoms with E-state index in [4.69, 9.17) is 0 Å². The molecule has 74 valence electrons. The van der Waals surface area contributed by atoms with E-state index < -0.39 is 5.60 Å². The lowest BCUT2D eigenvalue weighted by Crippen LogP contribution is -2.29. The van der Waals surface area contributed by atoms with E-state index in [0.29, 0.717) is 5.75 Å². The van der Waals surface area contributed by atoms with E-state index in [2.05, 4.69) is 10.2 Å². The highest BCUT2D eigenvalue weighted by Gasteiger charge is 2.22. The molecular weight excluding hydrogens is 204 g/mol. The van der Waals surface area contributed by atoms with E-state index in [1.165, 1.54) is 11.3 Å². The van der Waals surface area contributed by atoms with Gasteiger partial charge in [0.1, 0.15) is 5.51 Å². The van der Waals surface area contributed by atoms with Crippen molar-refractivity contribution in [2.45, 2.75) is 36.6 Å². The molecule has 3 nitrogen and oxygen atoms in total. The van der Waals surface area contributed by atoms with Gasteiger partial charge in [0.25, 0.3) is 0 Å². The number of thioether (sulfide) groups is 1. The van der Waals surface area contributed by atoms with E-state index in [1.54, 1.807) is 17.3 Å². The lowest BCUT2D eigenvalue weighted by molar-refractivity contribution is 0.0572. The van der Waals surface area contributed by atoms with Crippen LogP contribution in [0.25, 0.3) is 0 Å². The summed E-state index contributed by atoms with van der Waals surface area (Å²) in [7, 11) is 0. The van der Waals surface area contributed by atoms with Crippen LogP contribution in [0.1, 0.15) is 26.7 Å². The van der Waals surface area contributed by atoms with Crippen molar-refractivity contribution in [1.82, 2.24) is 10.2 Å². The van der Waals surface area contributed by atoms with Crippen LogP contribution in [0.2, 0.25) is 0 Å². The zero-order chi connectivity index (χ0) is 9.73. The summed E-state index contributed by atoms with van der Waals surface area (Å²) in [5.74, 6) is 0.704.